The standard InChI is InChI=1S/C9H10O/c1-3-8-4-6-9(10-2)7-5-8/h1,4,6H,5,7H2,2H3. The third-order valence-corrected chi connectivity index (χ3v) is 1.56. The van der Waals surface area contributed by atoms with E-state index in [0.29, 0.717) is 0 Å². The molecular formula is C9H10O. The summed E-state index contributed by atoms with van der Waals surface area (Å²) in [4.78, 5) is 0. The number of methoxy groups -OCH3 is 1. The molecule has 0 aliphatic heterocycles. The van der Waals surface area contributed by atoms with Gasteiger partial charge >= 0.3 is 0 Å². The fraction of sp³-hybridized carbons (Fsp3) is 0.333. The van der Waals surface area contributed by atoms with Crippen LogP contribution in [-0.2, 0) is 4.74 Å². The highest BCUT2D eigenvalue weighted by molar-refractivity contribution is 5.33. The Kier molecular flexibility index (Phi) is 2.17. The van der Waals surface area contributed by atoms with E-state index in [-0.39, 0.29) is 0 Å². The monoisotopic (exact) mass is 134 g/mol. The minimum Gasteiger partial charge on any atom is -0.501 e. The molecule has 1 rings (SSSR count). The molecule has 0 unspecified atom stereocenters. The third kappa shape index (κ3) is 1.41. The molecule has 0 radical (unpaired) electrons. The first-order valence-electron chi connectivity index (χ1n) is 3.27. The maximum atomic E-state index is 5.20. The minimum absolute atomic E-state index is 0.937. The minimum atomic E-state index is 0.937. The molecule has 0 fully saturated rings. The van der Waals surface area contributed by atoms with E-state index in [1.54, 1.807) is 7.11 Å². The molecule has 0 bridgehead atoms. The van der Waals surface area contributed by atoms with Gasteiger partial charge in [-0.1, -0.05) is 5.92 Å². The zero-order valence-corrected chi connectivity index (χ0v) is 6.05. The fourth-order valence-corrected chi connectivity index (χ4v) is 0.908. The van der Waals surface area contributed by atoms with Gasteiger partial charge in [0, 0.05) is 12.0 Å². The summed E-state index contributed by atoms with van der Waals surface area (Å²) in [6.45, 7) is 0. The van der Waals surface area contributed by atoms with Crippen molar-refractivity contribution < 1.29 is 4.74 Å². The first kappa shape index (κ1) is 6.95. The average molecular weight is 134 g/mol. The molecule has 52 valence electrons. The summed E-state index contributed by atoms with van der Waals surface area (Å²) in [6, 6.07) is 0. The predicted molar refractivity (Wildman–Crippen MR) is 41.2 cm³/mol. The van der Waals surface area contributed by atoms with Crippen molar-refractivity contribution in [3.05, 3.63) is 23.5 Å². The molecule has 1 aliphatic rings. The molecule has 0 saturated heterocycles. The molecule has 0 aromatic carbocycles. The second kappa shape index (κ2) is 3.12. The molecule has 10 heavy (non-hydrogen) atoms. The van der Waals surface area contributed by atoms with Gasteiger partial charge in [-0.3, -0.25) is 0 Å². The van der Waals surface area contributed by atoms with Crippen LogP contribution in [0, 0.1) is 12.3 Å². The van der Waals surface area contributed by atoms with Gasteiger partial charge in [0.25, 0.3) is 0 Å². The van der Waals surface area contributed by atoms with Crippen LogP contribution in [0.1, 0.15) is 12.8 Å². The largest absolute Gasteiger partial charge is 0.501 e. The van der Waals surface area contributed by atoms with Crippen LogP contribution in [-0.4, -0.2) is 7.11 Å². The lowest BCUT2D eigenvalue weighted by Crippen LogP contribution is -1.93. The Morgan fingerprint density at radius 1 is 1.50 bits per heavy atom. The molecule has 0 spiro atoms. The summed E-state index contributed by atoms with van der Waals surface area (Å²) in [5, 5.41) is 0. The number of ether oxygens (including phenoxy) is 1. The lowest BCUT2D eigenvalue weighted by molar-refractivity contribution is 0.276. The SMILES string of the molecule is C#CC1=CC=C(OC)CC1. The highest BCUT2D eigenvalue weighted by atomic mass is 16.5. The quantitative estimate of drug-likeness (QED) is 0.497. The van der Waals surface area contributed by atoms with Crippen molar-refractivity contribution in [2.45, 2.75) is 12.8 Å². The lowest BCUT2D eigenvalue weighted by Gasteiger charge is -2.08. The normalized spacial score (nSPS) is 16.8. The molecule has 0 amide bonds. The first-order valence-corrected chi connectivity index (χ1v) is 3.27. The van der Waals surface area contributed by atoms with Crippen molar-refractivity contribution in [1.82, 2.24) is 0 Å². The van der Waals surface area contributed by atoms with Crippen LogP contribution in [0.4, 0.5) is 0 Å². The van der Waals surface area contributed by atoms with Crippen molar-refractivity contribution in [2.75, 3.05) is 7.11 Å². The van der Waals surface area contributed by atoms with Gasteiger partial charge < -0.3 is 4.74 Å². The molecule has 0 saturated carbocycles. The van der Waals surface area contributed by atoms with Crippen molar-refractivity contribution in [3.63, 3.8) is 0 Å². The number of hydrogen-bond donors (Lipinski definition) is 0. The van der Waals surface area contributed by atoms with Gasteiger partial charge in [-0.05, 0) is 18.6 Å². The van der Waals surface area contributed by atoms with E-state index in [1.807, 2.05) is 12.2 Å². The topological polar surface area (TPSA) is 9.23 Å². The van der Waals surface area contributed by atoms with Crippen LogP contribution in [0.2, 0.25) is 0 Å². The first-order chi connectivity index (χ1) is 4.86. The summed E-state index contributed by atoms with van der Waals surface area (Å²) in [5.74, 6) is 3.62. The highest BCUT2D eigenvalue weighted by Gasteiger charge is 2.02. The maximum Gasteiger partial charge on any atom is 0.0959 e. The predicted octanol–water partition coefficient (Wildman–Crippen LogP) is 1.87. The van der Waals surface area contributed by atoms with Crippen molar-refractivity contribution >= 4 is 0 Å². The molecule has 1 nitrogen and oxygen atoms in total. The van der Waals surface area contributed by atoms with Gasteiger partial charge in [-0.25, -0.2) is 0 Å². The van der Waals surface area contributed by atoms with E-state index in [2.05, 4.69) is 5.92 Å². The Hall–Kier alpha value is -1.16. The molecule has 0 heterocycles. The molecule has 0 aromatic rings. The van der Waals surface area contributed by atoms with Crippen LogP contribution in [0.3, 0.4) is 0 Å². The Bertz CT molecular complexity index is 215. The summed E-state index contributed by atoms with van der Waals surface area (Å²) in [7, 11) is 1.68. The Morgan fingerprint density at radius 2 is 2.30 bits per heavy atom. The van der Waals surface area contributed by atoms with Gasteiger partial charge in [-0.15, -0.1) is 6.42 Å². The number of allylic oxidation sites excluding steroid dienone is 4. The zero-order chi connectivity index (χ0) is 7.40. The van der Waals surface area contributed by atoms with Crippen LogP contribution in [0.15, 0.2) is 23.5 Å². The zero-order valence-electron chi connectivity index (χ0n) is 6.05. The molecule has 1 heteroatoms. The van der Waals surface area contributed by atoms with Gasteiger partial charge in [0.15, 0.2) is 0 Å². The fourth-order valence-electron chi connectivity index (χ4n) is 0.908. The van der Waals surface area contributed by atoms with E-state index in [9.17, 15) is 0 Å². The van der Waals surface area contributed by atoms with E-state index in [1.165, 1.54) is 0 Å². The highest BCUT2D eigenvalue weighted by Crippen LogP contribution is 2.17. The van der Waals surface area contributed by atoms with Crippen molar-refractivity contribution in [3.8, 4) is 12.3 Å². The van der Waals surface area contributed by atoms with Gasteiger partial charge in [-0.2, -0.15) is 0 Å². The van der Waals surface area contributed by atoms with Crippen LogP contribution in [0.5, 0.6) is 0 Å². The molecule has 0 aromatic heterocycles. The van der Waals surface area contributed by atoms with Crippen LogP contribution in [0.25, 0.3) is 0 Å². The van der Waals surface area contributed by atoms with Gasteiger partial charge in [0.2, 0.25) is 0 Å². The van der Waals surface area contributed by atoms with Crippen LogP contribution < -0.4 is 0 Å². The van der Waals surface area contributed by atoms with Crippen molar-refractivity contribution in [2.24, 2.45) is 0 Å². The molecule has 0 atom stereocenters. The van der Waals surface area contributed by atoms with Crippen molar-refractivity contribution in [1.29, 1.82) is 0 Å². The Morgan fingerprint density at radius 3 is 2.70 bits per heavy atom. The second-order valence-electron chi connectivity index (χ2n) is 2.17. The number of hydrogen-bond acceptors (Lipinski definition) is 1. The Labute approximate surface area is 61.4 Å². The maximum absolute atomic E-state index is 5.20. The lowest BCUT2D eigenvalue weighted by atomic mass is 10.1. The van der Waals surface area contributed by atoms with Gasteiger partial charge in [0.05, 0.1) is 12.9 Å². The summed E-state index contributed by atoms with van der Waals surface area (Å²) in [6.07, 6.45) is 10.9. The summed E-state index contributed by atoms with van der Waals surface area (Å²) >= 11 is 0. The van der Waals surface area contributed by atoms with E-state index in [4.69, 9.17) is 11.2 Å². The number of rotatable bonds is 1. The van der Waals surface area contributed by atoms with E-state index >= 15 is 0 Å². The average Bonchev–Trinajstić information content (AvgIpc) is 2.05. The summed E-state index contributed by atoms with van der Waals surface area (Å²) in [5.41, 5.74) is 1.06. The van der Waals surface area contributed by atoms with Gasteiger partial charge in [0.1, 0.15) is 0 Å². The molecular weight excluding hydrogens is 124 g/mol. The van der Waals surface area contributed by atoms with E-state index < -0.39 is 0 Å². The summed E-state index contributed by atoms with van der Waals surface area (Å²) < 4.78 is 5.03. The smallest absolute Gasteiger partial charge is 0.0959 e. The second-order valence-corrected chi connectivity index (χ2v) is 2.17. The molecule has 1 aliphatic carbocycles. The molecule has 0 N–H and O–H groups in total. The Balaban J connectivity index is 2.67. The third-order valence-electron chi connectivity index (χ3n) is 1.56. The number of terminal acetylenes is 1. The van der Waals surface area contributed by atoms with Crippen LogP contribution >= 0.6 is 0 Å². The van der Waals surface area contributed by atoms with E-state index in [0.717, 1.165) is 24.2 Å².